The molecule has 0 unspecified atom stereocenters. The first-order chi connectivity index (χ1) is 15.7. The molecule has 0 spiro atoms. The topological polar surface area (TPSA) is 102 Å². The molecular formula is C22H23FN4O5. The molecular weight excluding hydrogens is 419 g/mol. The first-order valence-corrected chi connectivity index (χ1v) is 10.7. The van der Waals surface area contributed by atoms with E-state index in [1.54, 1.807) is 12.3 Å². The lowest BCUT2D eigenvalue weighted by atomic mass is 10.1. The maximum atomic E-state index is 14.8. The van der Waals surface area contributed by atoms with Crippen molar-refractivity contribution >= 4 is 16.9 Å². The van der Waals surface area contributed by atoms with Crippen molar-refractivity contribution in [2.24, 2.45) is 0 Å². The Bertz CT molecular complexity index is 1120. The zero-order chi connectivity index (χ0) is 21.7. The molecule has 2 N–H and O–H groups in total. The van der Waals surface area contributed by atoms with Crippen LogP contribution in [0.1, 0.15) is 0 Å². The highest BCUT2D eigenvalue weighted by atomic mass is 19.1. The van der Waals surface area contributed by atoms with Gasteiger partial charge in [-0.2, -0.15) is 0 Å². The standard InChI is InChI=1S/C22H23FN4O5/c23-13-7-14-15(8-19(25-14)32-17-11-31-21-16(28)10-30-22(17)21)26-20(13)12-1-2-18(24-9-12)27-3-5-29-6-4-27/h1-2,7-9,16-17,21-22,25,28H,3-6,10-11H2/t16-,17-,21-,22-/m1/s1. The number of nitrogens with one attached hydrogen (secondary N) is 1. The summed E-state index contributed by atoms with van der Waals surface area (Å²) in [4.78, 5) is 14.2. The predicted molar refractivity (Wildman–Crippen MR) is 112 cm³/mol. The molecule has 0 aromatic carbocycles. The molecule has 32 heavy (non-hydrogen) atoms. The number of morpholine rings is 1. The summed E-state index contributed by atoms with van der Waals surface area (Å²) >= 11 is 0. The Hall–Kier alpha value is -2.79. The van der Waals surface area contributed by atoms with Gasteiger partial charge in [0.15, 0.2) is 17.8 Å². The van der Waals surface area contributed by atoms with Crippen molar-refractivity contribution in [3.05, 3.63) is 36.3 Å². The van der Waals surface area contributed by atoms with E-state index in [0.717, 1.165) is 18.9 Å². The monoisotopic (exact) mass is 442 g/mol. The third kappa shape index (κ3) is 3.49. The van der Waals surface area contributed by atoms with Crippen LogP contribution in [-0.2, 0) is 14.2 Å². The highest BCUT2D eigenvalue weighted by Gasteiger charge is 2.48. The number of rotatable bonds is 4. The van der Waals surface area contributed by atoms with Gasteiger partial charge >= 0.3 is 0 Å². The van der Waals surface area contributed by atoms with Crippen LogP contribution in [0.2, 0.25) is 0 Å². The van der Waals surface area contributed by atoms with Gasteiger partial charge in [0.1, 0.15) is 29.8 Å². The van der Waals surface area contributed by atoms with E-state index in [2.05, 4.69) is 19.9 Å². The fourth-order valence-corrected chi connectivity index (χ4v) is 4.49. The van der Waals surface area contributed by atoms with Crippen LogP contribution in [0.5, 0.6) is 5.88 Å². The van der Waals surface area contributed by atoms with Crippen molar-refractivity contribution in [2.45, 2.75) is 24.4 Å². The highest BCUT2D eigenvalue weighted by molar-refractivity contribution is 5.80. The Morgan fingerprint density at radius 3 is 2.78 bits per heavy atom. The number of hydrogen-bond donors (Lipinski definition) is 2. The van der Waals surface area contributed by atoms with Crippen molar-refractivity contribution in [1.29, 1.82) is 0 Å². The molecule has 3 aromatic heterocycles. The number of nitrogens with zero attached hydrogens (tertiary/aromatic N) is 3. The Labute approximate surface area is 183 Å². The average Bonchev–Trinajstić information content (AvgIpc) is 3.51. The number of pyridine rings is 2. The number of aliphatic hydroxyl groups excluding tert-OH is 1. The van der Waals surface area contributed by atoms with Gasteiger partial charge in [0.2, 0.25) is 0 Å². The van der Waals surface area contributed by atoms with Gasteiger partial charge in [-0.1, -0.05) is 0 Å². The molecule has 0 aliphatic carbocycles. The molecule has 0 radical (unpaired) electrons. The van der Waals surface area contributed by atoms with Crippen LogP contribution in [0.4, 0.5) is 10.2 Å². The summed E-state index contributed by atoms with van der Waals surface area (Å²) in [6.07, 6.45) is -0.0539. The zero-order valence-corrected chi connectivity index (χ0v) is 17.2. The SMILES string of the molecule is O[C@@H]1CO[C@H]2[C@@H]1OC[C@H]2Oc1cc2nc(-c3ccc(N4CCOCC4)nc3)c(F)cc2[nH]1. The second-order valence-corrected chi connectivity index (χ2v) is 8.21. The van der Waals surface area contributed by atoms with Gasteiger partial charge in [-0.25, -0.2) is 14.4 Å². The average molecular weight is 442 g/mol. The van der Waals surface area contributed by atoms with Crippen LogP contribution in [-0.4, -0.2) is 84.0 Å². The molecule has 6 rings (SSSR count). The van der Waals surface area contributed by atoms with Crippen LogP contribution in [0, 0.1) is 5.82 Å². The predicted octanol–water partition coefficient (Wildman–Crippen LogP) is 1.51. The van der Waals surface area contributed by atoms with Crippen molar-refractivity contribution in [3.8, 4) is 17.1 Å². The molecule has 3 aromatic rings. The zero-order valence-electron chi connectivity index (χ0n) is 17.2. The van der Waals surface area contributed by atoms with Crippen LogP contribution in [0.25, 0.3) is 22.3 Å². The van der Waals surface area contributed by atoms with E-state index < -0.39 is 11.9 Å². The van der Waals surface area contributed by atoms with Gasteiger partial charge in [-0.15, -0.1) is 0 Å². The molecule has 0 saturated carbocycles. The number of halogens is 1. The Morgan fingerprint density at radius 2 is 1.97 bits per heavy atom. The maximum Gasteiger partial charge on any atom is 0.193 e. The summed E-state index contributed by atoms with van der Waals surface area (Å²) in [5.74, 6) is 0.842. The van der Waals surface area contributed by atoms with E-state index in [4.69, 9.17) is 18.9 Å². The van der Waals surface area contributed by atoms with Crippen LogP contribution in [0.15, 0.2) is 30.5 Å². The number of hydrogen-bond acceptors (Lipinski definition) is 8. The lowest BCUT2D eigenvalue weighted by Crippen LogP contribution is -2.36. The quantitative estimate of drug-likeness (QED) is 0.627. The molecule has 0 amide bonds. The molecule has 6 heterocycles. The molecule has 9 nitrogen and oxygen atoms in total. The van der Waals surface area contributed by atoms with Crippen molar-refractivity contribution < 1.29 is 28.4 Å². The number of H-pyrrole nitrogens is 1. The highest BCUT2D eigenvalue weighted by Crippen LogP contribution is 2.32. The number of ether oxygens (including phenoxy) is 4. The minimum Gasteiger partial charge on any atom is -0.470 e. The number of aromatic nitrogens is 3. The Kier molecular flexibility index (Phi) is 4.94. The van der Waals surface area contributed by atoms with Crippen molar-refractivity contribution in [1.82, 2.24) is 15.0 Å². The minimum atomic E-state index is -0.641. The van der Waals surface area contributed by atoms with E-state index in [-0.39, 0.29) is 30.6 Å². The van der Waals surface area contributed by atoms with Gasteiger partial charge in [0.05, 0.1) is 37.5 Å². The first-order valence-electron chi connectivity index (χ1n) is 10.7. The smallest absolute Gasteiger partial charge is 0.193 e. The Morgan fingerprint density at radius 1 is 1.12 bits per heavy atom. The molecule has 3 aliphatic heterocycles. The Balaban J connectivity index is 1.23. The fourth-order valence-electron chi connectivity index (χ4n) is 4.49. The fraction of sp³-hybridized carbons (Fsp3) is 0.455. The van der Waals surface area contributed by atoms with Gasteiger partial charge in [-0.05, 0) is 12.1 Å². The molecule has 3 saturated heterocycles. The second-order valence-electron chi connectivity index (χ2n) is 8.21. The number of aromatic amines is 1. The molecule has 168 valence electrons. The number of anilines is 1. The summed E-state index contributed by atoms with van der Waals surface area (Å²) < 4.78 is 37.4. The largest absolute Gasteiger partial charge is 0.470 e. The summed E-state index contributed by atoms with van der Waals surface area (Å²) in [5, 5.41) is 9.88. The van der Waals surface area contributed by atoms with Gasteiger partial charge in [0.25, 0.3) is 0 Å². The van der Waals surface area contributed by atoms with Crippen LogP contribution < -0.4 is 9.64 Å². The summed E-state index contributed by atoms with van der Waals surface area (Å²) in [6.45, 7) is 3.47. The molecule has 10 heteroatoms. The lowest BCUT2D eigenvalue weighted by Gasteiger charge is -2.27. The lowest BCUT2D eigenvalue weighted by molar-refractivity contribution is 0.00794. The number of aliphatic hydroxyl groups is 1. The third-order valence-corrected chi connectivity index (χ3v) is 6.15. The minimum absolute atomic E-state index is 0.232. The van der Waals surface area contributed by atoms with E-state index >= 15 is 0 Å². The normalized spacial score (nSPS) is 27.8. The van der Waals surface area contributed by atoms with Gasteiger partial charge in [0, 0.05) is 37.0 Å². The van der Waals surface area contributed by atoms with Gasteiger partial charge < -0.3 is 33.9 Å². The molecule has 0 bridgehead atoms. The van der Waals surface area contributed by atoms with Crippen molar-refractivity contribution in [3.63, 3.8) is 0 Å². The van der Waals surface area contributed by atoms with E-state index in [0.29, 0.717) is 42.3 Å². The molecule has 4 atom stereocenters. The van der Waals surface area contributed by atoms with E-state index in [1.165, 1.54) is 6.07 Å². The second kappa shape index (κ2) is 7.96. The third-order valence-electron chi connectivity index (χ3n) is 6.15. The van der Waals surface area contributed by atoms with Crippen molar-refractivity contribution in [2.75, 3.05) is 44.4 Å². The van der Waals surface area contributed by atoms with E-state index in [9.17, 15) is 9.50 Å². The summed E-state index contributed by atoms with van der Waals surface area (Å²) in [5.41, 5.74) is 1.94. The van der Waals surface area contributed by atoms with Crippen LogP contribution in [0.3, 0.4) is 0 Å². The van der Waals surface area contributed by atoms with Crippen LogP contribution >= 0.6 is 0 Å². The number of fused-ring (bicyclic) bond motifs is 2. The summed E-state index contributed by atoms with van der Waals surface area (Å²) in [7, 11) is 0. The van der Waals surface area contributed by atoms with E-state index in [1.807, 2.05) is 12.1 Å². The maximum absolute atomic E-state index is 14.8. The first kappa shape index (κ1) is 19.9. The molecule has 3 aliphatic rings. The van der Waals surface area contributed by atoms with Gasteiger partial charge in [-0.3, -0.25) is 0 Å². The molecule has 3 fully saturated rings. The summed E-state index contributed by atoms with van der Waals surface area (Å²) in [6, 6.07) is 6.85.